The van der Waals surface area contributed by atoms with E-state index in [2.05, 4.69) is 15.2 Å². The molecule has 6 nitrogen and oxygen atoms in total. The van der Waals surface area contributed by atoms with Gasteiger partial charge in [0.2, 0.25) is 0 Å². The number of nitrogens with one attached hydrogen (secondary N) is 1. The minimum absolute atomic E-state index is 0.116. The summed E-state index contributed by atoms with van der Waals surface area (Å²) in [5.74, 6) is -0.0730. The number of carbonyl (C=O) groups excluding carboxylic acids is 1. The molecule has 1 saturated heterocycles. The van der Waals surface area contributed by atoms with Gasteiger partial charge in [-0.15, -0.1) is 0 Å². The largest absolute Gasteiger partial charge is 0.435 e. The highest BCUT2D eigenvalue weighted by atomic mass is 19.4. The smallest absolute Gasteiger partial charge is 0.336 e. The zero-order chi connectivity index (χ0) is 17.8. The van der Waals surface area contributed by atoms with Crippen molar-refractivity contribution in [1.29, 1.82) is 0 Å². The summed E-state index contributed by atoms with van der Waals surface area (Å²) in [5.41, 5.74) is 0.515. The van der Waals surface area contributed by atoms with Crippen molar-refractivity contribution >= 4 is 5.91 Å². The summed E-state index contributed by atoms with van der Waals surface area (Å²) >= 11 is 0. The second-order valence-corrected chi connectivity index (χ2v) is 6.64. The number of hydrogen-bond donors (Lipinski definition) is 1. The van der Waals surface area contributed by atoms with E-state index in [1.807, 2.05) is 6.92 Å². The van der Waals surface area contributed by atoms with Gasteiger partial charge in [0.15, 0.2) is 5.69 Å². The Balaban J connectivity index is 1.60. The van der Waals surface area contributed by atoms with E-state index in [1.165, 1.54) is 6.20 Å². The first-order valence-electron chi connectivity index (χ1n) is 8.33. The van der Waals surface area contributed by atoms with Crippen molar-refractivity contribution in [3.63, 3.8) is 0 Å². The summed E-state index contributed by atoms with van der Waals surface area (Å²) in [7, 11) is 0. The van der Waals surface area contributed by atoms with Gasteiger partial charge in [-0.2, -0.15) is 18.3 Å². The van der Waals surface area contributed by atoms with Crippen molar-refractivity contribution < 1.29 is 18.0 Å². The average Bonchev–Trinajstić information content (AvgIpc) is 3.28. The van der Waals surface area contributed by atoms with Crippen LogP contribution in [0.5, 0.6) is 0 Å². The van der Waals surface area contributed by atoms with E-state index in [-0.39, 0.29) is 23.3 Å². The molecule has 2 aliphatic rings. The molecule has 2 aromatic rings. The number of aromatic amines is 1. The molecule has 25 heavy (non-hydrogen) atoms. The number of hydrogen-bond acceptors (Lipinski definition) is 3. The van der Waals surface area contributed by atoms with Crippen LogP contribution in [0.1, 0.15) is 46.7 Å². The topological polar surface area (TPSA) is 66.8 Å². The number of alkyl halides is 3. The van der Waals surface area contributed by atoms with Crippen LogP contribution in [0.2, 0.25) is 0 Å². The number of fused-ring (bicyclic) bond motifs is 3. The molecule has 134 valence electrons. The lowest BCUT2D eigenvalue weighted by Crippen LogP contribution is -2.30. The summed E-state index contributed by atoms with van der Waals surface area (Å²) in [6, 6.07) is 0. The molecule has 1 aliphatic carbocycles. The van der Waals surface area contributed by atoms with Crippen LogP contribution in [0, 0.1) is 5.92 Å². The fourth-order valence-corrected chi connectivity index (χ4v) is 4.07. The van der Waals surface area contributed by atoms with E-state index >= 15 is 0 Å². The Morgan fingerprint density at radius 2 is 2.20 bits per heavy atom. The highest BCUT2D eigenvalue weighted by Gasteiger charge is 2.45. The first-order chi connectivity index (χ1) is 11.9. The van der Waals surface area contributed by atoms with Crippen molar-refractivity contribution in [2.24, 2.45) is 5.92 Å². The second kappa shape index (κ2) is 5.60. The molecule has 1 aliphatic heterocycles. The van der Waals surface area contributed by atoms with Gasteiger partial charge in [0.25, 0.3) is 5.91 Å². The van der Waals surface area contributed by atoms with Crippen molar-refractivity contribution in [3.8, 4) is 0 Å². The van der Waals surface area contributed by atoms with Crippen molar-refractivity contribution in [3.05, 3.63) is 35.2 Å². The first kappa shape index (κ1) is 16.2. The molecule has 0 aromatic carbocycles. The SMILES string of the molecule is CCn1cncc1C(=O)N1C[C@H]2CCc3c(C(F)(F)F)n[nH]c3[C@H]2C1. The molecule has 0 saturated carbocycles. The van der Waals surface area contributed by atoms with Gasteiger partial charge in [0.1, 0.15) is 5.69 Å². The Hall–Kier alpha value is -2.32. The third-order valence-electron chi connectivity index (χ3n) is 5.30. The highest BCUT2D eigenvalue weighted by Crippen LogP contribution is 2.44. The normalized spacial score (nSPS) is 22.8. The van der Waals surface area contributed by atoms with Crippen molar-refractivity contribution in [2.45, 2.75) is 38.4 Å². The summed E-state index contributed by atoms with van der Waals surface area (Å²) in [6.07, 6.45) is -0.317. The average molecular weight is 353 g/mol. The lowest BCUT2D eigenvalue weighted by molar-refractivity contribution is -0.141. The van der Waals surface area contributed by atoms with Crippen molar-refractivity contribution in [1.82, 2.24) is 24.6 Å². The molecule has 4 rings (SSSR count). The Labute approximate surface area is 142 Å². The zero-order valence-electron chi connectivity index (χ0n) is 13.7. The molecular formula is C16H18F3N5O. The van der Waals surface area contributed by atoms with Crippen LogP contribution in [-0.2, 0) is 19.1 Å². The fraction of sp³-hybridized carbons (Fsp3) is 0.562. The lowest BCUT2D eigenvalue weighted by Gasteiger charge is -2.24. The van der Waals surface area contributed by atoms with Crippen molar-refractivity contribution in [2.75, 3.05) is 13.1 Å². The van der Waals surface area contributed by atoms with Gasteiger partial charge in [0.05, 0.1) is 12.5 Å². The predicted octanol–water partition coefficient (Wildman–Crippen LogP) is 2.45. The van der Waals surface area contributed by atoms with Crippen LogP contribution >= 0.6 is 0 Å². The molecule has 0 bridgehead atoms. The number of aryl methyl sites for hydroxylation is 1. The molecule has 0 spiro atoms. The number of carbonyl (C=O) groups is 1. The molecule has 1 amide bonds. The van der Waals surface area contributed by atoms with E-state index in [1.54, 1.807) is 15.8 Å². The number of rotatable bonds is 2. The monoisotopic (exact) mass is 353 g/mol. The van der Waals surface area contributed by atoms with Gasteiger partial charge in [0, 0.05) is 36.8 Å². The minimum Gasteiger partial charge on any atom is -0.336 e. The quantitative estimate of drug-likeness (QED) is 0.902. The van der Waals surface area contributed by atoms with Crippen LogP contribution < -0.4 is 0 Å². The third kappa shape index (κ3) is 2.52. The first-order valence-corrected chi connectivity index (χ1v) is 8.33. The second-order valence-electron chi connectivity index (χ2n) is 6.64. The molecule has 9 heteroatoms. The Morgan fingerprint density at radius 1 is 1.40 bits per heavy atom. The Bertz CT molecular complexity index is 809. The number of likely N-dealkylation sites (tertiary alicyclic amines) is 1. The number of H-pyrrole nitrogens is 1. The zero-order valence-corrected chi connectivity index (χ0v) is 13.7. The molecular weight excluding hydrogens is 335 g/mol. The predicted molar refractivity (Wildman–Crippen MR) is 81.9 cm³/mol. The van der Waals surface area contributed by atoms with Crippen LogP contribution in [0.3, 0.4) is 0 Å². The number of aromatic nitrogens is 4. The van der Waals surface area contributed by atoms with Gasteiger partial charge in [-0.1, -0.05) is 0 Å². The summed E-state index contributed by atoms with van der Waals surface area (Å²) in [6.45, 7) is 3.53. The maximum absolute atomic E-state index is 13.1. The minimum atomic E-state index is -4.45. The standard InChI is InChI=1S/C16H18F3N5O/c1-2-23-8-20-5-12(23)15(25)24-6-9-3-4-10-13(11(9)7-24)21-22-14(10)16(17,18)19/h5,8-9,11H,2-4,6-7H2,1H3,(H,21,22)/t9-,11+/m1/s1. The van der Waals surface area contributed by atoms with Gasteiger partial charge in [-0.3, -0.25) is 9.89 Å². The number of halogens is 3. The lowest BCUT2D eigenvalue weighted by atomic mass is 9.80. The molecule has 1 N–H and O–H groups in total. The third-order valence-corrected chi connectivity index (χ3v) is 5.30. The Morgan fingerprint density at radius 3 is 2.92 bits per heavy atom. The van der Waals surface area contributed by atoms with E-state index in [0.717, 1.165) is 0 Å². The summed E-state index contributed by atoms with van der Waals surface area (Å²) in [5, 5.41) is 6.10. The summed E-state index contributed by atoms with van der Waals surface area (Å²) < 4.78 is 41.0. The number of amides is 1. The maximum Gasteiger partial charge on any atom is 0.435 e. The molecule has 2 aromatic heterocycles. The Kier molecular flexibility index (Phi) is 3.62. The van der Waals surface area contributed by atoms with Gasteiger partial charge < -0.3 is 9.47 Å². The van der Waals surface area contributed by atoms with Crippen LogP contribution in [0.15, 0.2) is 12.5 Å². The number of imidazole rings is 1. The van der Waals surface area contributed by atoms with E-state index < -0.39 is 11.9 Å². The van der Waals surface area contributed by atoms with E-state index in [4.69, 9.17) is 0 Å². The fourth-order valence-electron chi connectivity index (χ4n) is 4.07. The van der Waals surface area contributed by atoms with E-state index in [9.17, 15) is 18.0 Å². The highest BCUT2D eigenvalue weighted by molar-refractivity contribution is 5.92. The molecule has 0 unspecified atom stereocenters. The summed E-state index contributed by atoms with van der Waals surface area (Å²) in [4.78, 5) is 18.5. The van der Waals surface area contributed by atoms with Gasteiger partial charge >= 0.3 is 6.18 Å². The molecule has 0 radical (unpaired) electrons. The van der Waals surface area contributed by atoms with Gasteiger partial charge in [-0.25, -0.2) is 4.98 Å². The number of nitrogens with zero attached hydrogens (tertiary/aromatic N) is 4. The maximum atomic E-state index is 13.1. The van der Waals surface area contributed by atoms with Gasteiger partial charge in [-0.05, 0) is 25.7 Å². The van der Waals surface area contributed by atoms with Crippen LogP contribution in [-0.4, -0.2) is 43.6 Å². The molecule has 3 heterocycles. The molecule has 1 fully saturated rings. The van der Waals surface area contributed by atoms with Crippen LogP contribution in [0.25, 0.3) is 0 Å². The van der Waals surface area contributed by atoms with E-state index in [0.29, 0.717) is 43.9 Å². The molecule has 2 atom stereocenters. The van der Waals surface area contributed by atoms with Crippen LogP contribution in [0.4, 0.5) is 13.2 Å².